The lowest BCUT2D eigenvalue weighted by Crippen LogP contribution is -2.42. The van der Waals surface area contributed by atoms with Crippen molar-refractivity contribution in [3.63, 3.8) is 0 Å². The molecular formula is C12H27NO4. The lowest BCUT2D eigenvalue weighted by atomic mass is 10.3. The van der Waals surface area contributed by atoms with Gasteiger partial charge in [-0.15, -0.1) is 0 Å². The lowest BCUT2D eigenvalue weighted by molar-refractivity contribution is 0.0182. The number of rotatable bonds is 12. The van der Waals surface area contributed by atoms with Gasteiger partial charge in [0.25, 0.3) is 0 Å². The Morgan fingerprint density at radius 2 is 1.29 bits per heavy atom. The number of hydrogen-bond acceptors (Lipinski definition) is 5. The Morgan fingerprint density at radius 1 is 0.824 bits per heavy atom. The predicted octanol–water partition coefficient (Wildman–Crippen LogP) is 0.679. The second-order valence-electron chi connectivity index (χ2n) is 4.15. The molecule has 0 aliphatic heterocycles. The van der Waals surface area contributed by atoms with Gasteiger partial charge >= 0.3 is 0 Å². The Balaban J connectivity index is 3.64. The minimum Gasteiger partial charge on any atom is -0.382 e. The van der Waals surface area contributed by atoms with Crippen LogP contribution in [0.1, 0.15) is 13.8 Å². The zero-order valence-corrected chi connectivity index (χ0v) is 11.5. The fraction of sp³-hybridized carbons (Fsp3) is 1.00. The molecule has 5 heteroatoms. The molecule has 0 spiro atoms. The molecule has 0 fully saturated rings. The van der Waals surface area contributed by atoms with Gasteiger partial charge in [0, 0.05) is 20.3 Å². The maximum Gasteiger partial charge on any atom is 0.0701 e. The van der Waals surface area contributed by atoms with E-state index in [4.69, 9.17) is 18.9 Å². The molecule has 0 aliphatic carbocycles. The van der Waals surface area contributed by atoms with Crippen molar-refractivity contribution in [3.8, 4) is 0 Å². The van der Waals surface area contributed by atoms with Crippen LogP contribution >= 0.6 is 0 Å². The fourth-order valence-electron chi connectivity index (χ4n) is 1.35. The summed E-state index contributed by atoms with van der Waals surface area (Å²) in [7, 11) is 3.34. The second-order valence-corrected chi connectivity index (χ2v) is 4.15. The molecule has 1 N–H and O–H groups in total. The standard InChI is InChI=1S/C12H27NO4/c1-11(2)13-12(9-16-7-5-14-3)10-17-8-6-15-4/h11-13H,5-10H2,1-4H3. The summed E-state index contributed by atoms with van der Waals surface area (Å²) < 4.78 is 20.8. The van der Waals surface area contributed by atoms with Gasteiger partial charge in [-0.2, -0.15) is 0 Å². The molecule has 0 aliphatic rings. The van der Waals surface area contributed by atoms with Gasteiger partial charge in [0.15, 0.2) is 0 Å². The van der Waals surface area contributed by atoms with Gasteiger partial charge in [-0.05, 0) is 0 Å². The maximum absolute atomic E-state index is 5.50. The van der Waals surface area contributed by atoms with E-state index in [1.165, 1.54) is 0 Å². The van der Waals surface area contributed by atoms with Crippen molar-refractivity contribution in [3.05, 3.63) is 0 Å². The van der Waals surface area contributed by atoms with E-state index in [0.29, 0.717) is 45.7 Å². The highest BCUT2D eigenvalue weighted by atomic mass is 16.5. The van der Waals surface area contributed by atoms with Gasteiger partial charge in [-0.25, -0.2) is 0 Å². The largest absolute Gasteiger partial charge is 0.382 e. The van der Waals surface area contributed by atoms with E-state index in [1.54, 1.807) is 14.2 Å². The maximum atomic E-state index is 5.50. The van der Waals surface area contributed by atoms with E-state index < -0.39 is 0 Å². The van der Waals surface area contributed by atoms with Gasteiger partial charge in [0.2, 0.25) is 0 Å². The van der Waals surface area contributed by atoms with Crippen molar-refractivity contribution >= 4 is 0 Å². The minimum atomic E-state index is 0.212. The van der Waals surface area contributed by atoms with Gasteiger partial charge in [-0.3, -0.25) is 0 Å². The van der Waals surface area contributed by atoms with Crippen LogP contribution in [0.15, 0.2) is 0 Å². The molecule has 0 unspecified atom stereocenters. The third kappa shape index (κ3) is 12.1. The van der Waals surface area contributed by atoms with Gasteiger partial charge in [-0.1, -0.05) is 13.8 Å². The van der Waals surface area contributed by atoms with Crippen LogP contribution in [0.5, 0.6) is 0 Å². The Morgan fingerprint density at radius 3 is 1.65 bits per heavy atom. The van der Waals surface area contributed by atoms with Crippen LogP contribution in [0.3, 0.4) is 0 Å². The molecule has 17 heavy (non-hydrogen) atoms. The first-order chi connectivity index (χ1) is 8.20. The second kappa shape index (κ2) is 12.3. The first-order valence-corrected chi connectivity index (χ1v) is 6.10. The molecule has 0 rings (SSSR count). The molecule has 0 amide bonds. The van der Waals surface area contributed by atoms with Crippen molar-refractivity contribution in [2.75, 3.05) is 53.9 Å². The molecule has 0 saturated carbocycles. The van der Waals surface area contributed by atoms with Gasteiger partial charge in [0.1, 0.15) is 0 Å². The number of ether oxygens (including phenoxy) is 4. The molecule has 0 atom stereocenters. The Hall–Kier alpha value is -0.200. The molecule has 0 aromatic rings. The molecule has 104 valence electrons. The van der Waals surface area contributed by atoms with Crippen LogP contribution in [0.4, 0.5) is 0 Å². The highest BCUT2D eigenvalue weighted by Gasteiger charge is 2.10. The topological polar surface area (TPSA) is 49.0 Å². The van der Waals surface area contributed by atoms with Crippen LogP contribution in [0.2, 0.25) is 0 Å². The van der Waals surface area contributed by atoms with Crippen LogP contribution in [-0.4, -0.2) is 65.9 Å². The van der Waals surface area contributed by atoms with Crippen molar-refractivity contribution in [2.45, 2.75) is 25.9 Å². The highest BCUT2D eigenvalue weighted by Crippen LogP contribution is 1.92. The molecule has 0 bridgehead atoms. The monoisotopic (exact) mass is 249 g/mol. The predicted molar refractivity (Wildman–Crippen MR) is 67.4 cm³/mol. The van der Waals surface area contributed by atoms with E-state index in [-0.39, 0.29) is 6.04 Å². The number of methoxy groups -OCH3 is 2. The van der Waals surface area contributed by atoms with E-state index in [0.717, 1.165) is 0 Å². The van der Waals surface area contributed by atoms with Crippen molar-refractivity contribution in [1.82, 2.24) is 5.32 Å². The SMILES string of the molecule is COCCOCC(COCCOC)NC(C)C. The Labute approximate surface area is 105 Å². The van der Waals surface area contributed by atoms with Crippen LogP contribution in [0, 0.1) is 0 Å². The van der Waals surface area contributed by atoms with Crippen LogP contribution in [0.25, 0.3) is 0 Å². The molecule has 0 aromatic heterocycles. The van der Waals surface area contributed by atoms with Gasteiger partial charge in [0.05, 0.1) is 45.7 Å². The average Bonchev–Trinajstić information content (AvgIpc) is 2.29. The van der Waals surface area contributed by atoms with Crippen LogP contribution < -0.4 is 5.32 Å². The fourth-order valence-corrected chi connectivity index (χ4v) is 1.35. The number of nitrogens with one attached hydrogen (secondary N) is 1. The number of hydrogen-bond donors (Lipinski definition) is 1. The summed E-state index contributed by atoms with van der Waals surface area (Å²) in [5, 5.41) is 3.40. The smallest absolute Gasteiger partial charge is 0.0701 e. The average molecular weight is 249 g/mol. The molecule has 5 nitrogen and oxygen atoms in total. The quantitative estimate of drug-likeness (QED) is 0.515. The van der Waals surface area contributed by atoms with E-state index >= 15 is 0 Å². The normalized spacial score (nSPS) is 11.6. The van der Waals surface area contributed by atoms with E-state index in [2.05, 4.69) is 19.2 Å². The molecule has 0 heterocycles. The summed E-state index contributed by atoms with van der Waals surface area (Å²) >= 11 is 0. The third-order valence-corrected chi connectivity index (χ3v) is 2.07. The zero-order valence-electron chi connectivity index (χ0n) is 11.5. The van der Waals surface area contributed by atoms with E-state index in [9.17, 15) is 0 Å². The molecule has 0 saturated heterocycles. The van der Waals surface area contributed by atoms with Crippen molar-refractivity contribution in [1.29, 1.82) is 0 Å². The summed E-state index contributed by atoms with van der Waals surface area (Å²) in [4.78, 5) is 0. The molecular weight excluding hydrogens is 222 g/mol. The first kappa shape index (κ1) is 16.8. The third-order valence-electron chi connectivity index (χ3n) is 2.07. The summed E-state index contributed by atoms with van der Waals surface area (Å²) in [6.45, 7) is 7.96. The van der Waals surface area contributed by atoms with Crippen molar-refractivity contribution < 1.29 is 18.9 Å². The minimum absolute atomic E-state index is 0.212. The Bertz CT molecular complexity index is 143. The highest BCUT2D eigenvalue weighted by molar-refractivity contribution is 4.68. The Kier molecular flexibility index (Phi) is 12.1. The molecule has 0 aromatic carbocycles. The summed E-state index contributed by atoms with van der Waals surface area (Å²) in [6.07, 6.45) is 0. The summed E-state index contributed by atoms with van der Waals surface area (Å²) in [5.41, 5.74) is 0. The lowest BCUT2D eigenvalue weighted by Gasteiger charge is -2.21. The van der Waals surface area contributed by atoms with Crippen molar-refractivity contribution in [2.24, 2.45) is 0 Å². The van der Waals surface area contributed by atoms with E-state index in [1.807, 2.05) is 0 Å². The first-order valence-electron chi connectivity index (χ1n) is 6.10. The van der Waals surface area contributed by atoms with Gasteiger partial charge < -0.3 is 24.3 Å². The summed E-state index contributed by atoms with van der Waals surface area (Å²) in [5.74, 6) is 0. The zero-order chi connectivity index (χ0) is 12.9. The van der Waals surface area contributed by atoms with Crippen LogP contribution in [-0.2, 0) is 18.9 Å². The molecule has 0 radical (unpaired) electrons. The summed E-state index contributed by atoms with van der Waals surface area (Å²) in [6, 6.07) is 0.626.